The van der Waals surface area contributed by atoms with Gasteiger partial charge in [-0.05, 0) is 24.5 Å². The Hall–Kier alpha value is -0.730. The van der Waals surface area contributed by atoms with Crippen molar-refractivity contribution in [2.75, 3.05) is 19.0 Å². The van der Waals surface area contributed by atoms with Crippen molar-refractivity contribution in [3.05, 3.63) is 28.8 Å². The van der Waals surface area contributed by atoms with E-state index in [-0.39, 0.29) is 0 Å². The third-order valence-corrected chi connectivity index (χ3v) is 2.98. The van der Waals surface area contributed by atoms with E-state index in [4.69, 9.17) is 11.6 Å². The molecule has 0 heterocycles. The van der Waals surface area contributed by atoms with Crippen molar-refractivity contribution >= 4 is 17.3 Å². The molecule has 15 heavy (non-hydrogen) atoms. The maximum absolute atomic E-state index is 6.19. The normalized spacial score (nSPS) is 15.4. The predicted molar refractivity (Wildman–Crippen MR) is 65.6 cm³/mol. The van der Waals surface area contributed by atoms with Crippen molar-refractivity contribution in [2.24, 2.45) is 0 Å². The largest absolute Gasteiger partial charge is 0.376 e. The third kappa shape index (κ3) is 2.64. The summed E-state index contributed by atoms with van der Waals surface area (Å²) in [5.41, 5.74) is 2.41. The van der Waals surface area contributed by atoms with Crippen molar-refractivity contribution in [3.63, 3.8) is 0 Å². The van der Waals surface area contributed by atoms with Gasteiger partial charge in [0.05, 0.1) is 10.7 Å². The van der Waals surface area contributed by atoms with Gasteiger partial charge in [0.1, 0.15) is 0 Å². The fraction of sp³-hybridized carbons (Fsp3) is 0.500. The van der Waals surface area contributed by atoms with Crippen molar-refractivity contribution in [3.8, 4) is 0 Å². The molecule has 0 aliphatic heterocycles. The summed E-state index contributed by atoms with van der Waals surface area (Å²) in [7, 11) is 4.06. The van der Waals surface area contributed by atoms with Gasteiger partial charge < -0.3 is 10.2 Å². The van der Waals surface area contributed by atoms with E-state index >= 15 is 0 Å². The van der Waals surface area contributed by atoms with Gasteiger partial charge >= 0.3 is 0 Å². The topological polar surface area (TPSA) is 15.3 Å². The van der Waals surface area contributed by atoms with Gasteiger partial charge in [-0.3, -0.25) is 0 Å². The van der Waals surface area contributed by atoms with Gasteiger partial charge in [-0.15, -0.1) is 0 Å². The smallest absolute Gasteiger partial charge is 0.0642 e. The molecule has 0 amide bonds. The van der Waals surface area contributed by atoms with Crippen LogP contribution in [0.25, 0.3) is 0 Å². The number of anilines is 1. The van der Waals surface area contributed by atoms with Gasteiger partial charge in [-0.2, -0.15) is 0 Å². The van der Waals surface area contributed by atoms with Crippen LogP contribution in [0.15, 0.2) is 18.2 Å². The van der Waals surface area contributed by atoms with Crippen LogP contribution in [0.4, 0.5) is 5.69 Å². The summed E-state index contributed by atoms with van der Waals surface area (Å²) in [4.78, 5) is 2.08. The van der Waals surface area contributed by atoms with Gasteiger partial charge in [-0.25, -0.2) is 0 Å². The molecule has 1 aliphatic rings. The van der Waals surface area contributed by atoms with E-state index in [1.54, 1.807) is 0 Å². The Labute approximate surface area is 96.2 Å². The van der Waals surface area contributed by atoms with Crippen molar-refractivity contribution in [1.82, 2.24) is 5.32 Å². The monoisotopic (exact) mass is 224 g/mol. The molecule has 0 spiro atoms. The molecule has 0 radical (unpaired) electrons. The lowest BCUT2D eigenvalue weighted by Gasteiger charge is -2.19. The van der Waals surface area contributed by atoms with Crippen LogP contribution in [0.5, 0.6) is 0 Å². The van der Waals surface area contributed by atoms with Crippen molar-refractivity contribution in [1.29, 1.82) is 0 Å². The highest BCUT2D eigenvalue weighted by Gasteiger charge is 2.20. The average molecular weight is 225 g/mol. The summed E-state index contributed by atoms with van der Waals surface area (Å²) in [6.45, 7) is 0.915. The summed E-state index contributed by atoms with van der Waals surface area (Å²) in [5.74, 6) is 0. The van der Waals surface area contributed by atoms with E-state index in [0.717, 1.165) is 23.3 Å². The van der Waals surface area contributed by atoms with Crippen LogP contribution < -0.4 is 10.2 Å². The van der Waals surface area contributed by atoms with Crippen molar-refractivity contribution < 1.29 is 0 Å². The van der Waals surface area contributed by atoms with E-state index in [1.807, 2.05) is 26.2 Å². The first-order valence-electron chi connectivity index (χ1n) is 5.36. The second kappa shape index (κ2) is 4.42. The molecule has 0 unspecified atom stereocenters. The number of nitrogens with zero attached hydrogens (tertiary/aromatic N) is 1. The summed E-state index contributed by atoms with van der Waals surface area (Å²) >= 11 is 6.19. The molecule has 2 rings (SSSR count). The van der Waals surface area contributed by atoms with Crippen LogP contribution in [-0.2, 0) is 6.54 Å². The maximum Gasteiger partial charge on any atom is 0.0642 e. The third-order valence-electron chi connectivity index (χ3n) is 2.68. The molecule has 2 nitrogen and oxygen atoms in total. The van der Waals surface area contributed by atoms with Crippen LogP contribution >= 0.6 is 11.6 Å². The van der Waals surface area contributed by atoms with E-state index in [9.17, 15) is 0 Å². The molecule has 0 atom stereocenters. The highest BCUT2D eigenvalue weighted by molar-refractivity contribution is 6.33. The van der Waals surface area contributed by atoms with E-state index in [1.165, 1.54) is 18.4 Å². The highest BCUT2D eigenvalue weighted by atomic mass is 35.5. The molecule has 0 bridgehead atoms. The number of halogens is 1. The van der Waals surface area contributed by atoms with E-state index in [2.05, 4.69) is 16.3 Å². The van der Waals surface area contributed by atoms with E-state index < -0.39 is 0 Å². The number of nitrogens with one attached hydrogen (secondary N) is 1. The van der Waals surface area contributed by atoms with Gasteiger partial charge in [0.25, 0.3) is 0 Å². The Kier molecular flexibility index (Phi) is 3.17. The summed E-state index contributed by atoms with van der Waals surface area (Å²) in [6.07, 6.45) is 2.63. The molecular formula is C12H17ClN2. The minimum atomic E-state index is 0.735. The van der Waals surface area contributed by atoms with Crippen LogP contribution in [0.3, 0.4) is 0 Å². The summed E-state index contributed by atoms with van der Waals surface area (Å²) < 4.78 is 0. The molecule has 0 aromatic heterocycles. The lowest BCUT2D eigenvalue weighted by molar-refractivity contribution is 0.687. The number of benzene rings is 1. The van der Waals surface area contributed by atoms with E-state index in [0.29, 0.717) is 0 Å². The quantitative estimate of drug-likeness (QED) is 0.846. The molecule has 1 saturated carbocycles. The first kappa shape index (κ1) is 10.8. The second-order valence-corrected chi connectivity index (χ2v) is 4.70. The molecular weight excluding hydrogens is 208 g/mol. The summed E-state index contributed by atoms with van der Waals surface area (Å²) in [6, 6.07) is 6.83. The molecule has 1 aliphatic carbocycles. The molecule has 0 saturated heterocycles. The zero-order valence-corrected chi connectivity index (χ0v) is 10.0. The number of hydrogen-bond acceptors (Lipinski definition) is 2. The molecule has 82 valence electrons. The summed E-state index contributed by atoms with van der Waals surface area (Å²) in [5, 5.41) is 4.34. The molecule has 1 aromatic carbocycles. The molecule has 3 heteroatoms. The van der Waals surface area contributed by atoms with Gasteiger partial charge in [0.15, 0.2) is 0 Å². The lowest BCUT2D eigenvalue weighted by atomic mass is 10.1. The highest BCUT2D eigenvalue weighted by Crippen LogP contribution is 2.29. The van der Waals surface area contributed by atoms with Crippen LogP contribution in [0.2, 0.25) is 5.02 Å². The maximum atomic E-state index is 6.19. The minimum absolute atomic E-state index is 0.735. The first-order chi connectivity index (χ1) is 7.18. The Balaban J connectivity index is 2.15. The van der Waals surface area contributed by atoms with Crippen LogP contribution in [0.1, 0.15) is 18.4 Å². The fourth-order valence-corrected chi connectivity index (χ4v) is 2.11. The zero-order valence-electron chi connectivity index (χ0n) is 9.26. The zero-order chi connectivity index (χ0) is 10.8. The minimum Gasteiger partial charge on any atom is -0.376 e. The number of hydrogen-bond donors (Lipinski definition) is 1. The Morgan fingerprint density at radius 3 is 2.73 bits per heavy atom. The lowest BCUT2D eigenvalue weighted by Crippen LogP contribution is -2.19. The number of rotatable bonds is 4. The standard InChI is InChI=1S/C12H17ClN2/c1-15(2)12-9(4-3-5-11(12)13)8-14-10-6-7-10/h3-5,10,14H,6-8H2,1-2H3. The second-order valence-electron chi connectivity index (χ2n) is 4.30. The predicted octanol–water partition coefficient (Wildman–Crippen LogP) is 2.66. The van der Waals surface area contributed by atoms with Crippen molar-refractivity contribution in [2.45, 2.75) is 25.4 Å². The van der Waals surface area contributed by atoms with Gasteiger partial charge in [0, 0.05) is 26.7 Å². The SMILES string of the molecule is CN(C)c1c(Cl)cccc1CNC1CC1. The van der Waals surface area contributed by atoms with Crippen LogP contribution in [0, 0.1) is 0 Å². The Morgan fingerprint density at radius 2 is 2.13 bits per heavy atom. The Bertz CT molecular complexity index is 345. The molecule has 1 aromatic rings. The fourth-order valence-electron chi connectivity index (χ4n) is 1.75. The molecule has 1 fully saturated rings. The van der Waals surface area contributed by atoms with Gasteiger partial charge in [0.2, 0.25) is 0 Å². The first-order valence-corrected chi connectivity index (χ1v) is 5.74. The molecule has 1 N–H and O–H groups in total. The number of para-hydroxylation sites is 1. The Morgan fingerprint density at radius 1 is 1.40 bits per heavy atom. The average Bonchev–Trinajstić information content (AvgIpc) is 2.97. The van der Waals surface area contributed by atoms with Crippen LogP contribution in [-0.4, -0.2) is 20.1 Å². The van der Waals surface area contributed by atoms with Gasteiger partial charge in [-0.1, -0.05) is 23.7 Å².